The second-order valence-electron chi connectivity index (χ2n) is 7.20. The average molecular weight is 343 g/mol. The molecule has 4 heteroatoms. The van der Waals surface area contributed by atoms with E-state index in [1.807, 2.05) is 0 Å². The van der Waals surface area contributed by atoms with E-state index in [4.69, 9.17) is 10.2 Å². The van der Waals surface area contributed by atoms with Gasteiger partial charge in [0.15, 0.2) is 0 Å². The van der Waals surface area contributed by atoms with E-state index in [0.717, 1.165) is 11.8 Å². The third-order valence-electron chi connectivity index (χ3n) is 3.68. The molecule has 0 amide bonds. The van der Waals surface area contributed by atoms with Gasteiger partial charge in [-0.15, -0.1) is 0 Å². The van der Waals surface area contributed by atoms with Crippen molar-refractivity contribution in [3.8, 4) is 0 Å². The number of carboxylic acid groups (broad SMARTS) is 2. The normalized spacial score (nSPS) is 10.9. The molecule has 0 radical (unpaired) electrons. The molecule has 0 spiro atoms. The standard InChI is InChI=1S/C16H34.C4H4O4/c1-15(2)13-11-9-7-5-6-8-10-12-14-16(3)4;5-3(6)1-2-4(7)8/h15-16H,5-14H2,1-4H3;1-2H,(H,5,6)(H,7,8)/b;2-1-. The van der Waals surface area contributed by atoms with Crippen LogP contribution in [-0.2, 0) is 9.59 Å². The molecular weight excluding hydrogens is 304 g/mol. The Hall–Kier alpha value is -1.32. The van der Waals surface area contributed by atoms with Crippen molar-refractivity contribution < 1.29 is 19.8 Å². The topological polar surface area (TPSA) is 74.6 Å². The molecule has 0 aromatic carbocycles. The summed E-state index contributed by atoms with van der Waals surface area (Å²) >= 11 is 0. The fourth-order valence-corrected chi connectivity index (χ4v) is 2.31. The summed E-state index contributed by atoms with van der Waals surface area (Å²) in [6, 6.07) is 0. The molecule has 0 aromatic rings. The quantitative estimate of drug-likeness (QED) is 0.322. The lowest BCUT2D eigenvalue weighted by Crippen LogP contribution is -1.91. The van der Waals surface area contributed by atoms with Gasteiger partial charge in [0, 0.05) is 12.2 Å². The van der Waals surface area contributed by atoms with Crippen molar-refractivity contribution in [1.82, 2.24) is 0 Å². The van der Waals surface area contributed by atoms with E-state index in [2.05, 4.69) is 27.7 Å². The molecule has 0 rings (SSSR count). The van der Waals surface area contributed by atoms with Crippen LogP contribution in [0.25, 0.3) is 0 Å². The smallest absolute Gasteiger partial charge is 0.328 e. The number of carboxylic acids is 2. The summed E-state index contributed by atoms with van der Waals surface area (Å²) in [5, 5.41) is 15.6. The Morgan fingerprint density at radius 2 is 0.875 bits per heavy atom. The van der Waals surface area contributed by atoms with Crippen molar-refractivity contribution in [2.45, 2.75) is 91.9 Å². The van der Waals surface area contributed by atoms with Gasteiger partial charge in [-0.25, -0.2) is 9.59 Å². The Balaban J connectivity index is 0. The fourth-order valence-electron chi connectivity index (χ4n) is 2.31. The first-order valence-corrected chi connectivity index (χ1v) is 9.39. The summed E-state index contributed by atoms with van der Waals surface area (Å²) in [5.41, 5.74) is 0. The monoisotopic (exact) mass is 342 g/mol. The summed E-state index contributed by atoms with van der Waals surface area (Å²) in [5.74, 6) is -0.716. The first kappa shape index (κ1) is 24.9. The third kappa shape index (κ3) is 28.8. The number of hydrogen-bond acceptors (Lipinski definition) is 2. The molecule has 0 aliphatic rings. The first-order chi connectivity index (χ1) is 11.3. The maximum atomic E-state index is 9.55. The molecule has 0 aliphatic heterocycles. The van der Waals surface area contributed by atoms with E-state index in [1.54, 1.807) is 0 Å². The van der Waals surface area contributed by atoms with Crippen LogP contribution in [0.4, 0.5) is 0 Å². The van der Waals surface area contributed by atoms with E-state index >= 15 is 0 Å². The minimum absolute atomic E-state index is 0.558. The summed E-state index contributed by atoms with van der Waals surface area (Å²) in [6.07, 6.45) is 15.7. The van der Waals surface area contributed by atoms with Crippen LogP contribution in [0, 0.1) is 11.8 Å². The Bertz CT molecular complexity index is 301. The van der Waals surface area contributed by atoms with Crippen LogP contribution in [0.5, 0.6) is 0 Å². The predicted molar refractivity (Wildman–Crippen MR) is 100 cm³/mol. The van der Waals surface area contributed by atoms with Gasteiger partial charge in [-0.3, -0.25) is 0 Å². The van der Waals surface area contributed by atoms with Crippen LogP contribution in [-0.4, -0.2) is 22.2 Å². The summed E-state index contributed by atoms with van der Waals surface area (Å²) < 4.78 is 0. The van der Waals surface area contributed by atoms with Crippen LogP contribution in [0.1, 0.15) is 91.9 Å². The number of hydrogen-bond donors (Lipinski definition) is 2. The zero-order chi connectivity index (χ0) is 18.8. The zero-order valence-corrected chi connectivity index (χ0v) is 16.1. The van der Waals surface area contributed by atoms with Crippen molar-refractivity contribution in [2.24, 2.45) is 11.8 Å². The SMILES string of the molecule is CC(C)CCCCCCCCCCC(C)C.O=C(O)/C=C\C(=O)O. The fraction of sp³-hybridized carbons (Fsp3) is 0.800. The van der Waals surface area contributed by atoms with Gasteiger partial charge in [0.05, 0.1) is 0 Å². The Kier molecular flexibility index (Phi) is 18.7. The lowest BCUT2D eigenvalue weighted by atomic mass is 10.0. The summed E-state index contributed by atoms with van der Waals surface area (Å²) in [4.78, 5) is 19.1. The minimum atomic E-state index is -1.26. The van der Waals surface area contributed by atoms with Crippen molar-refractivity contribution in [2.75, 3.05) is 0 Å². The highest BCUT2D eigenvalue weighted by Gasteiger charge is 1.96. The molecule has 0 fully saturated rings. The molecule has 2 N–H and O–H groups in total. The Morgan fingerprint density at radius 3 is 1.08 bits per heavy atom. The second-order valence-corrected chi connectivity index (χ2v) is 7.20. The molecule has 0 bridgehead atoms. The molecule has 24 heavy (non-hydrogen) atoms. The number of aliphatic carboxylic acids is 2. The van der Waals surface area contributed by atoms with Gasteiger partial charge < -0.3 is 10.2 Å². The van der Waals surface area contributed by atoms with E-state index in [-0.39, 0.29) is 0 Å². The van der Waals surface area contributed by atoms with Gasteiger partial charge >= 0.3 is 11.9 Å². The van der Waals surface area contributed by atoms with Gasteiger partial charge in [0.1, 0.15) is 0 Å². The van der Waals surface area contributed by atoms with Crippen LogP contribution in [0.15, 0.2) is 12.2 Å². The van der Waals surface area contributed by atoms with Crippen LogP contribution >= 0.6 is 0 Å². The Morgan fingerprint density at radius 1 is 0.625 bits per heavy atom. The lowest BCUT2D eigenvalue weighted by molar-refractivity contribution is -0.134. The van der Waals surface area contributed by atoms with Crippen molar-refractivity contribution in [3.05, 3.63) is 12.2 Å². The van der Waals surface area contributed by atoms with Crippen LogP contribution < -0.4 is 0 Å². The van der Waals surface area contributed by atoms with Gasteiger partial charge in [-0.1, -0.05) is 91.9 Å². The molecule has 0 atom stereocenters. The van der Waals surface area contributed by atoms with Crippen molar-refractivity contribution in [3.63, 3.8) is 0 Å². The predicted octanol–water partition coefficient (Wildman–Crippen LogP) is 5.91. The molecule has 0 aliphatic carbocycles. The molecule has 0 heterocycles. The summed E-state index contributed by atoms with van der Waals surface area (Å²) in [7, 11) is 0. The molecule has 0 saturated heterocycles. The largest absolute Gasteiger partial charge is 0.478 e. The van der Waals surface area contributed by atoms with Gasteiger partial charge in [0.2, 0.25) is 0 Å². The molecular formula is C20H38O4. The van der Waals surface area contributed by atoms with Gasteiger partial charge in [-0.05, 0) is 11.8 Å². The average Bonchev–Trinajstić information content (AvgIpc) is 2.47. The summed E-state index contributed by atoms with van der Waals surface area (Å²) in [6.45, 7) is 9.31. The van der Waals surface area contributed by atoms with Crippen molar-refractivity contribution in [1.29, 1.82) is 0 Å². The zero-order valence-electron chi connectivity index (χ0n) is 16.1. The Labute approximate surface area is 148 Å². The van der Waals surface area contributed by atoms with E-state index in [9.17, 15) is 9.59 Å². The van der Waals surface area contributed by atoms with Crippen LogP contribution in [0.3, 0.4) is 0 Å². The highest BCUT2D eigenvalue weighted by Crippen LogP contribution is 2.14. The van der Waals surface area contributed by atoms with Crippen LogP contribution in [0.2, 0.25) is 0 Å². The lowest BCUT2D eigenvalue weighted by Gasteiger charge is -2.05. The van der Waals surface area contributed by atoms with E-state index in [1.165, 1.54) is 64.2 Å². The molecule has 142 valence electrons. The molecule has 4 nitrogen and oxygen atoms in total. The number of unbranched alkanes of at least 4 members (excludes halogenated alkanes) is 7. The van der Waals surface area contributed by atoms with Gasteiger partial charge in [0.25, 0.3) is 0 Å². The maximum absolute atomic E-state index is 9.55. The van der Waals surface area contributed by atoms with E-state index < -0.39 is 11.9 Å². The highest BCUT2D eigenvalue weighted by atomic mass is 16.4. The molecule has 0 aromatic heterocycles. The second kappa shape index (κ2) is 18.0. The van der Waals surface area contributed by atoms with E-state index in [0.29, 0.717) is 12.2 Å². The van der Waals surface area contributed by atoms with Crippen molar-refractivity contribution >= 4 is 11.9 Å². The molecule has 0 unspecified atom stereocenters. The third-order valence-corrected chi connectivity index (χ3v) is 3.68. The first-order valence-electron chi connectivity index (χ1n) is 9.39. The number of rotatable bonds is 13. The number of carbonyl (C=O) groups is 2. The van der Waals surface area contributed by atoms with Gasteiger partial charge in [-0.2, -0.15) is 0 Å². The minimum Gasteiger partial charge on any atom is -0.478 e. The maximum Gasteiger partial charge on any atom is 0.328 e. The highest BCUT2D eigenvalue weighted by molar-refractivity contribution is 5.89. The molecule has 0 saturated carbocycles.